The van der Waals surface area contributed by atoms with Crippen LogP contribution in [0, 0.1) is 0 Å². The maximum Gasteiger partial charge on any atom is 0.397 e. The van der Waals surface area contributed by atoms with E-state index < -0.39 is 16.9 Å². The highest BCUT2D eigenvalue weighted by Crippen LogP contribution is 2.28. The predicted octanol–water partition coefficient (Wildman–Crippen LogP) is 5.89. The summed E-state index contributed by atoms with van der Waals surface area (Å²) in [4.78, 5) is 0. The van der Waals surface area contributed by atoms with Crippen molar-refractivity contribution in [2.75, 3.05) is 4.43 Å². The fourth-order valence-corrected chi connectivity index (χ4v) is 13.5. The van der Waals surface area contributed by atoms with Gasteiger partial charge in [-0.05, 0) is 52.7 Å². The number of rotatable bonds is 12. The van der Waals surface area contributed by atoms with Crippen molar-refractivity contribution >= 4 is 49.8 Å². The van der Waals surface area contributed by atoms with Crippen LogP contribution in [0.4, 0.5) is 0 Å². The summed E-state index contributed by atoms with van der Waals surface area (Å²) in [5.41, 5.74) is 0. The first-order valence-electron chi connectivity index (χ1n) is 10.6. The van der Waals surface area contributed by atoms with E-state index in [9.17, 15) is 0 Å². The van der Waals surface area contributed by atoms with Crippen molar-refractivity contribution in [2.45, 2.75) is 64.8 Å². The monoisotopic (exact) mass is 526 g/mol. The van der Waals surface area contributed by atoms with Gasteiger partial charge in [-0.15, -0.1) is 0 Å². The second kappa shape index (κ2) is 11.6. The quantitative estimate of drug-likeness (QED) is 0.195. The lowest BCUT2D eigenvalue weighted by Crippen LogP contribution is -2.68. The second-order valence-electron chi connectivity index (χ2n) is 7.45. The molecule has 2 nitrogen and oxygen atoms in total. The summed E-state index contributed by atoms with van der Waals surface area (Å²) in [5, 5.41) is 2.46. The lowest BCUT2D eigenvalue weighted by atomic mass is 10.2. The molecule has 0 bridgehead atoms. The van der Waals surface area contributed by atoms with E-state index in [0.29, 0.717) is 0 Å². The van der Waals surface area contributed by atoms with Crippen LogP contribution in [0.3, 0.4) is 0 Å². The highest BCUT2D eigenvalue weighted by molar-refractivity contribution is 14.1. The molecule has 0 aromatic heterocycles. The van der Waals surface area contributed by atoms with Crippen LogP contribution >= 0.6 is 22.6 Å². The first-order chi connectivity index (χ1) is 13.6. The fraction of sp³-hybridized carbons (Fsp3) is 0.478. The summed E-state index contributed by atoms with van der Waals surface area (Å²) in [7, 11) is -4.68. The van der Waals surface area contributed by atoms with Gasteiger partial charge in [0.25, 0.3) is 0 Å². The van der Waals surface area contributed by atoms with Gasteiger partial charge in [-0.25, -0.2) is 0 Å². The van der Waals surface area contributed by atoms with Crippen LogP contribution in [0.1, 0.15) is 40.5 Å². The normalized spacial score (nSPS) is 13.5. The molecular weight excluding hydrogens is 491 g/mol. The van der Waals surface area contributed by atoms with Crippen molar-refractivity contribution in [1.29, 1.82) is 0 Å². The summed E-state index contributed by atoms with van der Waals surface area (Å²) >= 11 is 2.45. The van der Waals surface area contributed by atoms with Crippen molar-refractivity contribution in [2.24, 2.45) is 0 Å². The molecule has 1 unspecified atom stereocenters. The summed E-state index contributed by atoms with van der Waals surface area (Å²) in [5.74, 6) is 0. The third kappa shape index (κ3) is 5.78. The Morgan fingerprint density at radius 2 is 1.29 bits per heavy atom. The van der Waals surface area contributed by atoms with Crippen LogP contribution in [0.2, 0.25) is 18.1 Å². The third-order valence-electron chi connectivity index (χ3n) is 5.71. The molecule has 154 valence electrons. The van der Waals surface area contributed by atoms with Gasteiger partial charge in [-0.1, -0.05) is 104 Å². The predicted molar refractivity (Wildman–Crippen MR) is 135 cm³/mol. The van der Waals surface area contributed by atoms with E-state index in [2.05, 4.69) is 111 Å². The highest BCUT2D eigenvalue weighted by atomic mass is 127. The number of benzene rings is 2. The first kappa shape index (κ1) is 23.8. The number of alkyl halides is 1. The van der Waals surface area contributed by atoms with Crippen LogP contribution in [-0.2, 0) is 8.54 Å². The Morgan fingerprint density at radius 1 is 0.821 bits per heavy atom. The van der Waals surface area contributed by atoms with Crippen molar-refractivity contribution in [3.05, 3.63) is 60.7 Å². The molecule has 0 N–H and O–H groups in total. The van der Waals surface area contributed by atoms with Crippen LogP contribution in [-0.4, -0.2) is 27.4 Å². The third-order valence-corrected chi connectivity index (χ3v) is 16.1. The number of hydrogen-bond donors (Lipinski definition) is 0. The average molecular weight is 527 g/mol. The lowest BCUT2D eigenvalue weighted by molar-refractivity contribution is 0.170. The van der Waals surface area contributed by atoms with Crippen LogP contribution in [0.15, 0.2) is 60.7 Å². The molecule has 0 amide bonds. The molecule has 1 atom stereocenters. The van der Waals surface area contributed by atoms with Crippen LogP contribution in [0.5, 0.6) is 0 Å². The average Bonchev–Trinajstić information content (AvgIpc) is 2.76. The van der Waals surface area contributed by atoms with Crippen molar-refractivity contribution in [1.82, 2.24) is 0 Å². The van der Waals surface area contributed by atoms with E-state index in [4.69, 9.17) is 8.54 Å². The molecule has 0 fully saturated rings. The van der Waals surface area contributed by atoms with Crippen LogP contribution < -0.4 is 10.4 Å². The summed E-state index contributed by atoms with van der Waals surface area (Å²) in [6, 6.07) is 24.9. The molecule has 0 saturated heterocycles. The molecule has 5 heteroatoms. The molecule has 0 heterocycles. The fourth-order valence-electron chi connectivity index (χ4n) is 3.74. The van der Waals surface area contributed by atoms with Crippen molar-refractivity contribution in [3.8, 4) is 0 Å². The van der Waals surface area contributed by atoms with Gasteiger partial charge in [0.05, 0.1) is 0 Å². The Hall–Kier alpha value is -0.476. The molecule has 2 aromatic carbocycles. The highest BCUT2D eigenvalue weighted by Gasteiger charge is 2.49. The zero-order valence-corrected chi connectivity index (χ0v) is 21.9. The van der Waals surface area contributed by atoms with E-state index in [1.807, 2.05) is 0 Å². The summed E-state index contributed by atoms with van der Waals surface area (Å²) < 4.78 is 15.5. The molecular formula is C23H35IO2Si2. The van der Waals surface area contributed by atoms with Gasteiger partial charge >= 0.3 is 8.56 Å². The Balaban J connectivity index is 2.61. The molecule has 0 spiro atoms. The Kier molecular flexibility index (Phi) is 9.90. The molecule has 0 aliphatic carbocycles. The number of halogens is 1. The van der Waals surface area contributed by atoms with E-state index in [0.717, 1.165) is 29.0 Å². The van der Waals surface area contributed by atoms with Gasteiger partial charge in [0.15, 0.2) is 8.32 Å². The zero-order valence-electron chi connectivity index (χ0n) is 17.8. The standard InChI is InChI=1S/C23H35IO2Si2/c1-5-27(6-2,7-3)26-28(22-16-10-8-11-17-22,23-18-12-9-13-19-23)25-21(4)15-14-20-24/h8-13,16-19,21H,5-7,14-15,20H2,1-4H3. The molecule has 0 aliphatic rings. The van der Waals surface area contributed by atoms with Gasteiger partial charge in [-0.3, -0.25) is 0 Å². The molecule has 0 aliphatic heterocycles. The van der Waals surface area contributed by atoms with Gasteiger partial charge < -0.3 is 8.54 Å². The topological polar surface area (TPSA) is 18.5 Å². The lowest BCUT2D eigenvalue weighted by Gasteiger charge is -2.42. The molecule has 0 radical (unpaired) electrons. The van der Waals surface area contributed by atoms with Gasteiger partial charge in [0.2, 0.25) is 0 Å². The Morgan fingerprint density at radius 3 is 1.68 bits per heavy atom. The number of hydrogen-bond acceptors (Lipinski definition) is 2. The Bertz CT molecular complexity index is 630. The molecule has 2 aromatic rings. The van der Waals surface area contributed by atoms with E-state index in [-0.39, 0.29) is 6.10 Å². The van der Waals surface area contributed by atoms with Gasteiger partial charge in [-0.2, -0.15) is 0 Å². The van der Waals surface area contributed by atoms with Gasteiger partial charge in [0.1, 0.15) is 0 Å². The first-order valence-corrected chi connectivity index (χ1v) is 16.5. The van der Waals surface area contributed by atoms with Crippen LogP contribution in [0.25, 0.3) is 0 Å². The van der Waals surface area contributed by atoms with Crippen molar-refractivity contribution in [3.63, 3.8) is 0 Å². The molecule has 2 rings (SSSR count). The smallest absolute Gasteiger partial charge is 0.397 e. The second-order valence-corrected chi connectivity index (χ2v) is 16.5. The zero-order chi connectivity index (χ0) is 20.5. The van der Waals surface area contributed by atoms with Gasteiger partial charge in [0, 0.05) is 6.10 Å². The summed E-state index contributed by atoms with van der Waals surface area (Å²) in [6.07, 6.45) is 2.42. The van der Waals surface area contributed by atoms with E-state index in [1.165, 1.54) is 16.8 Å². The van der Waals surface area contributed by atoms with E-state index in [1.54, 1.807) is 0 Å². The molecule has 0 saturated carbocycles. The minimum Gasteiger partial charge on any atom is -0.429 e. The van der Waals surface area contributed by atoms with E-state index >= 15 is 0 Å². The largest absolute Gasteiger partial charge is 0.429 e. The van der Waals surface area contributed by atoms with Crippen molar-refractivity contribution < 1.29 is 8.54 Å². The summed E-state index contributed by atoms with van der Waals surface area (Å²) in [6.45, 7) is 9.12. The maximum atomic E-state index is 7.35. The maximum absolute atomic E-state index is 7.35. The Labute approximate surface area is 187 Å². The minimum atomic E-state index is -2.80. The SMILES string of the molecule is CC[Si](CC)(CC)O[Si](OC(C)CCCI)(c1ccccc1)c1ccccc1. The minimum absolute atomic E-state index is 0.180. The molecule has 28 heavy (non-hydrogen) atoms.